The molecule has 0 saturated carbocycles. The van der Waals surface area contributed by atoms with Gasteiger partial charge in [-0.2, -0.15) is 0 Å². The summed E-state index contributed by atoms with van der Waals surface area (Å²) >= 11 is 0. The predicted molar refractivity (Wildman–Crippen MR) is 82.6 cm³/mol. The van der Waals surface area contributed by atoms with Gasteiger partial charge in [-0.05, 0) is 18.2 Å². The van der Waals surface area contributed by atoms with E-state index >= 15 is 0 Å². The third kappa shape index (κ3) is 3.14. The second kappa shape index (κ2) is 6.39. The van der Waals surface area contributed by atoms with Crippen LogP contribution in [-0.2, 0) is 17.9 Å². The Morgan fingerprint density at radius 1 is 1.14 bits per heavy atom. The van der Waals surface area contributed by atoms with Crippen molar-refractivity contribution in [2.75, 3.05) is 0 Å². The molecule has 5 heteroatoms. The van der Waals surface area contributed by atoms with E-state index in [1.165, 1.54) is 6.07 Å². The predicted octanol–water partition coefficient (Wildman–Crippen LogP) is 2.88. The van der Waals surface area contributed by atoms with E-state index in [-0.39, 0.29) is 18.3 Å². The Kier molecular flexibility index (Phi) is 4.14. The van der Waals surface area contributed by atoms with Gasteiger partial charge in [0.15, 0.2) is 0 Å². The van der Waals surface area contributed by atoms with E-state index in [2.05, 4.69) is 10.3 Å². The first kappa shape index (κ1) is 14.3. The Balaban J connectivity index is 1.55. The third-order valence-corrected chi connectivity index (χ3v) is 3.54. The molecule has 0 aliphatic rings. The number of fused-ring (bicyclic) bond motifs is 1. The van der Waals surface area contributed by atoms with Crippen LogP contribution >= 0.6 is 0 Å². The molecule has 1 heterocycles. The first-order chi connectivity index (χ1) is 10.7. The molecule has 3 aromatic rings. The molecule has 1 aromatic heterocycles. The minimum atomic E-state index is -0.302. The maximum absolute atomic E-state index is 13.5. The number of carbonyl (C=O) groups is 1. The fourth-order valence-electron chi connectivity index (χ4n) is 2.33. The number of halogens is 1. The average Bonchev–Trinajstić information content (AvgIpc) is 2.95. The highest BCUT2D eigenvalue weighted by Crippen LogP contribution is 2.12. The highest BCUT2D eigenvalue weighted by atomic mass is 19.1. The fraction of sp³-hybridized carbons (Fsp3) is 0.176. The molecule has 0 aliphatic carbocycles. The molecule has 0 spiro atoms. The second-order valence-electron chi connectivity index (χ2n) is 5.04. The van der Waals surface area contributed by atoms with Gasteiger partial charge in [0.2, 0.25) is 5.91 Å². The Bertz CT molecular complexity index is 797. The van der Waals surface area contributed by atoms with Crippen LogP contribution in [0, 0.1) is 5.82 Å². The zero-order valence-electron chi connectivity index (χ0n) is 12.0. The molecule has 1 amide bonds. The molecule has 0 atom stereocenters. The topological polar surface area (TPSA) is 46.9 Å². The van der Waals surface area contributed by atoms with Gasteiger partial charge >= 0.3 is 0 Å². The molecule has 4 nitrogen and oxygen atoms in total. The summed E-state index contributed by atoms with van der Waals surface area (Å²) in [6.45, 7) is 0.750. The van der Waals surface area contributed by atoms with E-state index in [1.807, 2.05) is 28.8 Å². The Hall–Kier alpha value is -2.69. The van der Waals surface area contributed by atoms with Crippen LogP contribution in [0.3, 0.4) is 0 Å². The van der Waals surface area contributed by atoms with E-state index in [1.54, 1.807) is 24.5 Å². The number of hydrogen-bond acceptors (Lipinski definition) is 2. The molecule has 0 bridgehead atoms. The van der Waals surface area contributed by atoms with Crippen LogP contribution in [0.25, 0.3) is 11.0 Å². The lowest BCUT2D eigenvalue weighted by Gasteiger charge is -2.07. The number of benzene rings is 2. The van der Waals surface area contributed by atoms with E-state index in [0.29, 0.717) is 18.5 Å². The van der Waals surface area contributed by atoms with Gasteiger partial charge in [-0.3, -0.25) is 4.79 Å². The number of rotatable bonds is 5. The van der Waals surface area contributed by atoms with Gasteiger partial charge in [0.25, 0.3) is 0 Å². The number of hydrogen-bond donors (Lipinski definition) is 1. The first-order valence-electron chi connectivity index (χ1n) is 7.14. The summed E-state index contributed by atoms with van der Waals surface area (Å²) in [4.78, 5) is 16.2. The zero-order chi connectivity index (χ0) is 15.4. The van der Waals surface area contributed by atoms with Gasteiger partial charge in [-0.15, -0.1) is 0 Å². The molecule has 0 unspecified atom stereocenters. The van der Waals surface area contributed by atoms with Crippen molar-refractivity contribution in [3.63, 3.8) is 0 Å². The number of aromatic nitrogens is 2. The SMILES string of the molecule is O=C(CCn1cnc2ccccc21)NCc1ccccc1F. The summed E-state index contributed by atoms with van der Waals surface area (Å²) in [6, 6.07) is 14.2. The lowest BCUT2D eigenvalue weighted by atomic mass is 10.2. The van der Waals surface area contributed by atoms with Gasteiger partial charge in [-0.25, -0.2) is 9.37 Å². The molecule has 0 fully saturated rings. The van der Waals surface area contributed by atoms with Crippen LogP contribution in [0.1, 0.15) is 12.0 Å². The second-order valence-corrected chi connectivity index (χ2v) is 5.04. The minimum absolute atomic E-state index is 0.110. The molecule has 22 heavy (non-hydrogen) atoms. The fourth-order valence-corrected chi connectivity index (χ4v) is 2.33. The van der Waals surface area contributed by atoms with Gasteiger partial charge in [0.05, 0.1) is 17.4 Å². The molecular formula is C17H16FN3O. The summed E-state index contributed by atoms with van der Waals surface area (Å²) in [5, 5.41) is 2.74. The van der Waals surface area contributed by atoms with Crippen LogP contribution < -0.4 is 5.32 Å². The number of amides is 1. The summed E-state index contributed by atoms with van der Waals surface area (Å²) in [5.41, 5.74) is 2.41. The summed E-state index contributed by atoms with van der Waals surface area (Å²) in [7, 11) is 0. The largest absolute Gasteiger partial charge is 0.352 e. The average molecular weight is 297 g/mol. The van der Waals surface area contributed by atoms with Crippen LogP contribution in [0.4, 0.5) is 4.39 Å². The summed E-state index contributed by atoms with van der Waals surface area (Å²) in [6.07, 6.45) is 2.06. The van der Waals surface area contributed by atoms with Crippen LogP contribution in [0.2, 0.25) is 0 Å². The maximum atomic E-state index is 13.5. The van der Waals surface area contributed by atoms with Gasteiger partial charge in [-0.1, -0.05) is 30.3 Å². The van der Waals surface area contributed by atoms with Gasteiger partial charge in [0.1, 0.15) is 5.82 Å². The standard InChI is InChI=1S/C17H16FN3O/c18-14-6-2-1-5-13(14)11-19-17(22)9-10-21-12-20-15-7-3-4-8-16(15)21/h1-8,12H,9-11H2,(H,19,22). The van der Waals surface area contributed by atoms with Crippen molar-refractivity contribution in [1.29, 1.82) is 0 Å². The van der Waals surface area contributed by atoms with Crippen molar-refractivity contribution < 1.29 is 9.18 Å². The number of aryl methyl sites for hydroxylation is 1. The smallest absolute Gasteiger partial charge is 0.222 e. The van der Waals surface area contributed by atoms with Crippen molar-refractivity contribution in [2.24, 2.45) is 0 Å². The van der Waals surface area contributed by atoms with E-state index < -0.39 is 0 Å². The first-order valence-corrected chi connectivity index (χ1v) is 7.14. The highest BCUT2D eigenvalue weighted by Gasteiger charge is 2.06. The van der Waals surface area contributed by atoms with Crippen molar-refractivity contribution >= 4 is 16.9 Å². The summed E-state index contributed by atoms with van der Waals surface area (Å²) in [5.74, 6) is -0.413. The third-order valence-electron chi connectivity index (χ3n) is 3.54. The van der Waals surface area contributed by atoms with E-state index in [9.17, 15) is 9.18 Å². The summed E-state index contributed by atoms with van der Waals surface area (Å²) < 4.78 is 15.4. The lowest BCUT2D eigenvalue weighted by molar-refractivity contribution is -0.121. The molecule has 3 rings (SSSR count). The normalized spacial score (nSPS) is 10.8. The highest BCUT2D eigenvalue weighted by molar-refractivity contribution is 5.77. The quantitative estimate of drug-likeness (QED) is 0.787. The zero-order valence-corrected chi connectivity index (χ0v) is 12.0. The minimum Gasteiger partial charge on any atom is -0.352 e. The number of nitrogens with one attached hydrogen (secondary N) is 1. The lowest BCUT2D eigenvalue weighted by Crippen LogP contribution is -2.24. The van der Waals surface area contributed by atoms with Crippen molar-refractivity contribution in [3.8, 4) is 0 Å². The Morgan fingerprint density at radius 3 is 2.77 bits per heavy atom. The molecule has 1 N–H and O–H groups in total. The Labute approximate surface area is 127 Å². The van der Waals surface area contributed by atoms with Crippen LogP contribution in [0.15, 0.2) is 54.9 Å². The number of imidazole rings is 1. The molecule has 112 valence electrons. The van der Waals surface area contributed by atoms with Gasteiger partial charge in [0, 0.05) is 25.1 Å². The number of carbonyl (C=O) groups excluding carboxylic acids is 1. The van der Waals surface area contributed by atoms with Crippen molar-refractivity contribution in [2.45, 2.75) is 19.5 Å². The van der Waals surface area contributed by atoms with Crippen molar-refractivity contribution in [3.05, 3.63) is 66.2 Å². The molecule has 0 aliphatic heterocycles. The number of para-hydroxylation sites is 2. The van der Waals surface area contributed by atoms with Crippen molar-refractivity contribution in [1.82, 2.24) is 14.9 Å². The number of nitrogens with zero attached hydrogens (tertiary/aromatic N) is 2. The molecule has 0 radical (unpaired) electrons. The maximum Gasteiger partial charge on any atom is 0.222 e. The van der Waals surface area contributed by atoms with Gasteiger partial charge < -0.3 is 9.88 Å². The molecule has 2 aromatic carbocycles. The van der Waals surface area contributed by atoms with E-state index in [4.69, 9.17) is 0 Å². The van der Waals surface area contributed by atoms with Crippen LogP contribution in [0.5, 0.6) is 0 Å². The Morgan fingerprint density at radius 2 is 1.91 bits per heavy atom. The molecule has 0 saturated heterocycles. The van der Waals surface area contributed by atoms with E-state index in [0.717, 1.165) is 11.0 Å². The molecular weight excluding hydrogens is 281 g/mol. The monoisotopic (exact) mass is 297 g/mol. The van der Waals surface area contributed by atoms with Crippen LogP contribution in [-0.4, -0.2) is 15.5 Å².